The van der Waals surface area contributed by atoms with Crippen molar-refractivity contribution >= 4 is 29.1 Å². The van der Waals surface area contributed by atoms with Crippen LogP contribution in [0.15, 0.2) is 36.5 Å². The van der Waals surface area contributed by atoms with Crippen molar-refractivity contribution in [2.75, 3.05) is 17.2 Å². The van der Waals surface area contributed by atoms with Crippen LogP contribution in [0.5, 0.6) is 0 Å². The Hall–Kier alpha value is -2.02. The molecule has 0 fully saturated rings. The maximum absolute atomic E-state index is 12.2. The van der Waals surface area contributed by atoms with Gasteiger partial charge in [0.2, 0.25) is 5.95 Å². The molecule has 2 aromatic rings. The fourth-order valence-corrected chi connectivity index (χ4v) is 1.54. The van der Waals surface area contributed by atoms with Gasteiger partial charge in [-0.05, 0) is 12.1 Å². The molecule has 0 aliphatic carbocycles. The summed E-state index contributed by atoms with van der Waals surface area (Å²) in [5.74, 6) is 0.0858. The van der Waals surface area contributed by atoms with Gasteiger partial charge in [0.05, 0.1) is 6.20 Å². The van der Waals surface area contributed by atoms with Crippen molar-refractivity contribution in [1.29, 1.82) is 0 Å². The molecule has 0 radical (unpaired) electrons. The minimum absolute atomic E-state index is 0.0212. The van der Waals surface area contributed by atoms with E-state index in [-0.39, 0.29) is 16.8 Å². The maximum atomic E-state index is 12.2. The van der Waals surface area contributed by atoms with Crippen molar-refractivity contribution in [2.24, 2.45) is 0 Å². The molecule has 0 spiro atoms. The molecule has 0 aliphatic rings. The Balaban J connectivity index is 2.12. The van der Waals surface area contributed by atoms with E-state index in [2.05, 4.69) is 20.6 Å². The smallest absolute Gasteiger partial charge is 0.360 e. The lowest BCUT2D eigenvalue weighted by Crippen LogP contribution is -2.22. The molecule has 2 N–H and O–H groups in total. The van der Waals surface area contributed by atoms with Crippen LogP contribution in [0.2, 0.25) is 5.02 Å². The summed E-state index contributed by atoms with van der Waals surface area (Å²) in [5.41, 5.74) is 0.719. The zero-order chi connectivity index (χ0) is 14.6. The minimum Gasteiger partial charge on any atom is -0.360 e. The van der Waals surface area contributed by atoms with Crippen LogP contribution in [0, 0.1) is 0 Å². The second kappa shape index (κ2) is 5.96. The van der Waals surface area contributed by atoms with Gasteiger partial charge in [-0.2, -0.15) is 18.2 Å². The lowest BCUT2D eigenvalue weighted by atomic mass is 10.3. The number of rotatable bonds is 4. The van der Waals surface area contributed by atoms with Gasteiger partial charge < -0.3 is 10.6 Å². The van der Waals surface area contributed by atoms with Crippen molar-refractivity contribution in [1.82, 2.24) is 9.97 Å². The summed E-state index contributed by atoms with van der Waals surface area (Å²) in [5, 5.41) is 5.02. The van der Waals surface area contributed by atoms with Gasteiger partial charge in [0, 0.05) is 5.69 Å². The van der Waals surface area contributed by atoms with Gasteiger partial charge in [0.25, 0.3) is 0 Å². The van der Waals surface area contributed by atoms with Gasteiger partial charge in [0.1, 0.15) is 11.6 Å². The fourth-order valence-electron chi connectivity index (χ4n) is 1.39. The van der Waals surface area contributed by atoms with Crippen LogP contribution < -0.4 is 10.6 Å². The average Bonchev–Trinajstić information content (AvgIpc) is 2.40. The number of hydrogen-bond acceptors (Lipinski definition) is 4. The van der Waals surface area contributed by atoms with Crippen LogP contribution in [-0.2, 0) is 0 Å². The van der Waals surface area contributed by atoms with Gasteiger partial charge in [0.15, 0.2) is 5.82 Å². The number of nitrogens with one attached hydrogen (secondary N) is 2. The van der Waals surface area contributed by atoms with E-state index < -0.39 is 12.7 Å². The summed E-state index contributed by atoms with van der Waals surface area (Å²) in [6.07, 6.45) is -3.11. The molecule has 0 bridgehead atoms. The summed E-state index contributed by atoms with van der Waals surface area (Å²) in [6.45, 7) is -1.21. The van der Waals surface area contributed by atoms with Crippen molar-refractivity contribution in [3.05, 3.63) is 41.6 Å². The third kappa shape index (κ3) is 4.27. The molecule has 1 heterocycles. The number of halogens is 4. The fraction of sp³-hybridized carbons (Fsp3) is 0.167. The molecular weight excluding hydrogens is 293 g/mol. The van der Waals surface area contributed by atoms with Gasteiger partial charge in [-0.1, -0.05) is 29.8 Å². The number of aromatic nitrogens is 2. The largest absolute Gasteiger partial charge is 0.405 e. The predicted molar refractivity (Wildman–Crippen MR) is 71.3 cm³/mol. The number of para-hydroxylation sites is 1. The first-order chi connectivity index (χ1) is 9.44. The summed E-state index contributed by atoms with van der Waals surface area (Å²) in [7, 11) is 0. The molecule has 2 rings (SSSR count). The molecule has 4 nitrogen and oxygen atoms in total. The van der Waals surface area contributed by atoms with Gasteiger partial charge in [-0.3, -0.25) is 0 Å². The number of hydrogen-bond donors (Lipinski definition) is 2. The van der Waals surface area contributed by atoms with Crippen LogP contribution in [0.1, 0.15) is 0 Å². The second-order valence-corrected chi connectivity index (χ2v) is 4.26. The molecule has 0 amide bonds. The standard InChI is InChI=1S/C12H10ClF3N4/c13-9-6-17-11(19-8-4-2-1-3-5-8)20-10(9)18-7-12(14,15)16/h1-6H,7H2,(H2,17,18,19,20). The molecule has 106 valence electrons. The number of alkyl halides is 3. The van der Waals surface area contributed by atoms with Gasteiger partial charge >= 0.3 is 6.18 Å². The third-order valence-electron chi connectivity index (χ3n) is 2.23. The van der Waals surface area contributed by atoms with Gasteiger partial charge in [-0.15, -0.1) is 0 Å². The van der Waals surface area contributed by atoms with Gasteiger partial charge in [-0.25, -0.2) is 4.98 Å². The van der Waals surface area contributed by atoms with Crippen molar-refractivity contribution in [2.45, 2.75) is 6.18 Å². The monoisotopic (exact) mass is 302 g/mol. The Labute approximate surface area is 118 Å². The second-order valence-electron chi connectivity index (χ2n) is 3.85. The number of benzene rings is 1. The lowest BCUT2D eigenvalue weighted by molar-refractivity contribution is -0.115. The summed E-state index contributed by atoms with van der Waals surface area (Å²) in [6, 6.07) is 9.01. The zero-order valence-electron chi connectivity index (χ0n) is 10.1. The van der Waals surface area contributed by atoms with E-state index in [1.54, 1.807) is 24.3 Å². The molecule has 0 saturated heterocycles. The number of anilines is 3. The molecule has 0 saturated carbocycles. The summed E-state index contributed by atoms with van der Waals surface area (Å²) < 4.78 is 36.5. The topological polar surface area (TPSA) is 49.8 Å². The first kappa shape index (κ1) is 14.4. The van der Waals surface area contributed by atoms with Crippen LogP contribution in [0.25, 0.3) is 0 Å². The van der Waals surface area contributed by atoms with Crippen LogP contribution in [0.3, 0.4) is 0 Å². The normalized spacial score (nSPS) is 11.2. The maximum Gasteiger partial charge on any atom is 0.405 e. The molecule has 0 unspecified atom stereocenters. The summed E-state index contributed by atoms with van der Waals surface area (Å²) >= 11 is 5.75. The quantitative estimate of drug-likeness (QED) is 0.901. The molecule has 1 aromatic heterocycles. The van der Waals surface area contributed by atoms with Crippen LogP contribution in [0.4, 0.5) is 30.6 Å². The molecule has 1 aromatic carbocycles. The predicted octanol–water partition coefficient (Wildman–Crippen LogP) is 3.85. The molecular formula is C12H10ClF3N4. The highest BCUT2D eigenvalue weighted by Gasteiger charge is 2.27. The van der Waals surface area contributed by atoms with Crippen molar-refractivity contribution in [3.8, 4) is 0 Å². The summed E-state index contributed by atoms with van der Waals surface area (Å²) in [4.78, 5) is 7.81. The Morgan fingerprint density at radius 3 is 2.50 bits per heavy atom. The van der Waals surface area contributed by atoms with E-state index in [0.29, 0.717) is 0 Å². The molecule has 0 atom stereocenters. The molecule has 0 aliphatic heterocycles. The molecule has 20 heavy (non-hydrogen) atoms. The first-order valence-corrected chi connectivity index (χ1v) is 5.97. The Kier molecular flexibility index (Phi) is 4.29. The van der Waals surface area contributed by atoms with Crippen molar-refractivity contribution in [3.63, 3.8) is 0 Å². The zero-order valence-corrected chi connectivity index (χ0v) is 10.8. The lowest BCUT2D eigenvalue weighted by Gasteiger charge is -2.11. The highest BCUT2D eigenvalue weighted by Crippen LogP contribution is 2.23. The highest BCUT2D eigenvalue weighted by atomic mass is 35.5. The molecule has 8 heteroatoms. The van der Waals surface area contributed by atoms with E-state index in [1.807, 2.05) is 6.07 Å². The third-order valence-corrected chi connectivity index (χ3v) is 2.51. The minimum atomic E-state index is -4.35. The average molecular weight is 303 g/mol. The first-order valence-electron chi connectivity index (χ1n) is 5.59. The van der Waals surface area contributed by atoms with E-state index >= 15 is 0 Å². The Morgan fingerprint density at radius 2 is 1.85 bits per heavy atom. The van der Waals surface area contributed by atoms with E-state index in [9.17, 15) is 13.2 Å². The highest BCUT2D eigenvalue weighted by molar-refractivity contribution is 6.32. The Bertz CT molecular complexity index is 575. The van der Waals surface area contributed by atoms with Crippen LogP contribution >= 0.6 is 11.6 Å². The van der Waals surface area contributed by atoms with E-state index in [1.165, 1.54) is 6.20 Å². The van der Waals surface area contributed by atoms with Crippen LogP contribution in [-0.4, -0.2) is 22.7 Å². The van der Waals surface area contributed by atoms with E-state index in [0.717, 1.165) is 5.69 Å². The SMILES string of the molecule is FC(F)(F)CNc1nc(Nc2ccccc2)ncc1Cl. The van der Waals surface area contributed by atoms with E-state index in [4.69, 9.17) is 11.6 Å². The number of nitrogens with zero attached hydrogens (tertiary/aromatic N) is 2. The van der Waals surface area contributed by atoms with Crippen molar-refractivity contribution < 1.29 is 13.2 Å². The Morgan fingerprint density at radius 1 is 1.15 bits per heavy atom.